The van der Waals surface area contributed by atoms with E-state index in [9.17, 15) is 4.79 Å². The molecule has 90 valence electrons. The first-order valence-corrected chi connectivity index (χ1v) is 6.19. The Hall–Kier alpha value is -0.530. The summed E-state index contributed by atoms with van der Waals surface area (Å²) in [6.45, 7) is 11.1. The molecule has 2 nitrogen and oxygen atoms in total. The first kappa shape index (κ1) is 14.5. The Morgan fingerprint density at radius 3 is 2.27 bits per heavy atom. The van der Waals surface area contributed by atoms with Crippen molar-refractivity contribution in [3.63, 3.8) is 0 Å². The molecule has 0 heterocycles. The summed E-state index contributed by atoms with van der Waals surface area (Å²) in [6.07, 6.45) is 3.19. The van der Waals surface area contributed by atoms with Crippen LogP contribution in [0.2, 0.25) is 0 Å². The molecule has 0 bridgehead atoms. The van der Waals surface area contributed by atoms with Gasteiger partial charge in [-0.1, -0.05) is 41.0 Å². The van der Waals surface area contributed by atoms with Gasteiger partial charge in [0.1, 0.15) is 0 Å². The Morgan fingerprint density at radius 2 is 1.80 bits per heavy atom. The summed E-state index contributed by atoms with van der Waals surface area (Å²) in [7, 11) is 0. The third-order valence-electron chi connectivity index (χ3n) is 3.14. The van der Waals surface area contributed by atoms with E-state index in [1.54, 1.807) is 0 Å². The zero-order chi connectivity index (χ0) is 11.8. The standard InChI is InChI=1S/C13H26O2/c1-6-8-15-13(14)12(5)11(4)9-10(3)7-2/h10-12H,6-9H2,1-5H3. The second-order valence-corrected chi connectivity index (χ2v) is 4.68. The van der Waals surface area contributed by atoms with Crippen LogP contribution in [0, 0.1) is 17.8 Å². The molecule has 0 spiro atoms. The maximum Gasteiger partial charge on any atom is 0.308 e. The van der Waals surface area contributed by atoms with Crippen molar-refractivity contribution in [2.24, 2.45) is 17.8 Å². The molecule has 0 saturated heterocycles. The molecular weight excluding hydrogens is 188 g/mol. The zero-order valence-electron chi connectivity index (χ0n) is 10.9. The molecule has 0 saturated carbocycles. The number of ether oxygens (including phenoxy) is 1. The van der Waals surface area contributed by atoms with E-state index >= 15 is 0 Å². The summed E-state index contributed by atoms with van der Waals surface area (Å²) >= 11 is 0. The summed E-state index contributed by atoms with van der Waals surface area (Å²) in [5.74, 6) is 1.11. The monoisotopic (exact) mass is 214 g/mol. The first-order valence-electron chi connectivity index (χ1n) is 6.19. The highest BCUT2D eigenvalue weighted by atomic mass is 16.5. The Morgan fingerprint density at radius 1 is 1.20 bits per heavy atom. The Kier molecular flexibility index (Phi) is 7.45. The Labute approximate surface area is 94.4 Å². The molecule has 3 unspecified atom stereocenters. The summed E-state index contributed by atoms with van der Waals surface area (Å²) < 4.78 is 5.15. The van der Waals surface area contributed by atoms with Crippen molar-refractivity contribution >= 4 is 5.97 Å². The molecule has 0 aromatic heterocycles. The zero-order valence-corrected chi connectivity index (χ0v) is 10.9. The van der Waals surface area contributed by atoms with E-state index < -0.39 is 0 Å². The van der Waals surface area contributed by atoms with Gasteiger partial charge in [-0.05, 0) is 24.7 Å². The highest BCUT2D eigenvalue weighted by Crippen LogP contribution is 2.22. The third-order valence-corrected chi connectivity index (χ3v) is 3.14. The van der Waals surface area contributed by atoms with E-state index in [2.05, 4.69) is 20.8 Å². The quantitative estimate of drug-likeness (QED) is 0.605. The molecule has 0 amide bonds. The largest absolute Gasteiger partial charge is 0.465 e. The van der Waals surface area contributed by atoms with Crippen molar-refractivity contribution in [1.82, 2.24) is 0 Å². The van der Waals surface area contributed by atoms with E-state index in [4.69, 9.17) is 4.74 Å². The summed E-state index contributed by atoms with van der Waals surface area (Å²) in [4.78, 5) is 11.6. The number of carbonyl (C=O) groups is 1. The minimum atomic E-state index is -0.0346. The molecule has 3 atom stereocenters. The van der Waals surface area contributed by atoms with Crippen LogP contribution >= 0.6 is 0 Å². The molecule has 2 heteroatoms. The number of carbonyl (C=O) groups excluding carboxylic acids is 1. The van der Waals surface area contributed by atoms with Crippen LogP contribution in [0.25, 0.3) is 0 Å². The number of rotatable bonds is 7. The van der Waals surface area contributed by atoms with Crippen LogP contribution in [-0.4, -0.2) is 12.6 Å². The summed E-state index contributed by atoms with van der Waals surface area (Å²) in [6, 6.07) is 0. The lowest BCUT2D eigenvalue weighted by atomic mass is 9.86. The molecule has 0 aromatic rings. The average Bonchev–Trinajstić information content (AvgIpc) is 2.24. The number of hydrogen-bond donors (Lipinski definition) is 0. The third kappa shape index (κ3) is 5.81. The lowest BCUT2D eigenvalue weighted by molar-refractivity contribution is -0.149. The highest BCUT2D eigenvalue weighted by Gasteiger charge is 2.22. The smallest absolute Gasteiger partial charge is 0.308 e. The van der Waals surface area contributed by atoms with Crippen LogP contribution in [0.5, 0.6) is 0 Å². The van der Waals surface area contributed by atoms with Crippen molar-refractivity contribution in [3.8, 4) is 0 Å². The van der Waals surface area contributed by atoms with Gasteiger partial charge in [0, 0.05) is 0 Å². The minimum Gasteiger partial charge on any atom is -0.465 e. The van der Waals surface area contributed by atoms with Crippen LogP contribution < -0.4 is 0 Å². The topological polar surface area (TPSA) is 26.3 Å². The van der Waals surface area contributed by atoms with Crippen molar-refractivity contribution in [1.29, 1.82) is 0 Å². The number of esters is 1. The molecule has 0 aliphatic heterocycles. The second-order valence-electron chi connectivity index (χ2n) is 4.68. The van der Waals surface area contributed by atoms with Crippen LogP contribution in [0.1, 0.15) is 53.9 Å². The van der Waals surface area contributed by atoms with Gasteiger partial charge in [-0.2, -0.15) is 0 Å². The maximum absolute atomic E-state index is 11.6. The molecule has 0 N–H and O–H groups in total. The van der Waals surface area contributed by atoms with Gasteiger partial charge in [0.25, 0.3) is 0 Å². The van der Waals surface area contributed by atoms with Gasteiger partial charge in [0.15, 0.2) is 0 Å². The van der Waals surface area contributed by atoms with Gasteiger partial charge >= 0.3 is 5.97 Å². The molecule has 0 radical (unpaired) electrons. The van der Waals surface area contributed by atoms with Crippen LogP contribution in [0.3, 0.4) is 0 Å². The molecule has 0 rings (SSSR count). The van der Waals surface area contributed by atoms with Crippen molar-refractivity contribution < 1.29 is 9.53 Å². The molecule has 15 heavy (non-hydrogen) atoms. The maximum atomic E-state index is 11.6. The summed E-state index contributed by atoms with van der Waals surface area (Å²) in [5, 5.41) is 0. The van der Waals surface area contributed by atoms with E-state index in [0.717, 1.165) is 12.8 Å². The first-order chi connectivity index (χ1) is 7.02. The van der Waals surface area contributed by atoms with E-state index in [1.807, 2.05) is 13.8 Å². The van der Waals surface area contributed by atoms with Gasteiger partial charge in [0.2, 0.25) is 0 Å². The predicted molar refractivity (Wildman–Crippen MR) is 63.7 cm³/mol. The lowest BCUT2D eigenvalue weighted by Gasteiger charge is -2.21. The van der Waals surface area contributed by atoms with Crippen LogP contribution in [0.15, 0.2) is 0 Å². The van der Waals surface area contributed by atoms with E-state index in [1.165, 1.54) is 6.42 Å². The lowest BCUT2D eigenvalue weighted by Crippen LogP contribution is -2.23. The van der Waals surface area contributed by atoms with Crippen molar-refractivity contribution in [2.75, 3.05) is 6.61 Å². The highest BCUT2D eigenvalue weighted by molar-refractivity contribution is 5.72. The molecule has 0 aliphatic rings. The minimum absolute atomic E-state index is 0.0329. The average molecular weight is 214 g/mol. The van der Waals surface area contributed by atoms with Crippen molar-refractivity contribution in [3.05, 3.63) is 0 Å². The van der Waals surface area contributed by atoms with Gasteiger partial charge < -0.3 is 4.74 Å². The Bertz CT molecular complexity index is 177. The van der Waals surface area contributed by atoms with Crippen LogP contribution in [0.4, 0.5) is 0 Å². The SMILES string of the molecule is CCCOC(=O)C(C)C(C)CC(C)CC. The molecule has 0 aliphatic carbocycles. The molecular formula is C13H26O2. The fourth-order valence-corrected chi connectivity index (χ4v) is 1.57. The van der Waals surface area contributed by atoms with Gasteiger partial charge in [0.05, 0.1) is 12.5 Å². The summed E-state index contributed by atoms with van der Waals surface area (Å²) in [5.41, 5.74) is 0. The number of hydrogen-bond acceptors (Lipinski definition) is 2. The predicted octanol–water partition coefficient (Wildman–Crippen LogP) is 3.65. The van der Waals surface area contributed by atoms with Crippen molar-refractivity contribution in [2.45, 2.75) is 53.9 Å². The molecule has 0 fully saturated rings. The van der Waals surface area contributed by atoms with Crippen LogP contribution in [-0.2, 0) is 9.53 Å². The van der Waals surface area contributed by atoms with E-state index in [0.29, 0.717) is 18.4 Å². The van der Waals surface area contributed by atoms with Gasteiger partial charge in [-0.15, -0.1) is 0 Å². The fraction of sp³-hybridized carbons (Fsp3) is 0.923. The van der Waals surface area contributed by atoms with Gasteiger partial charge in [-0.25, -0.2) is 0 Å². The Balaban J connectivity index is 3.95. The normalized spacial score (nSPS) is 16.9. The van der Waals surface area contributed by atoms with Gasteiger partial charge in [-0.3, -0.25) is 4.79 Å². The fourth-order valence-electron chi connectivity index (χ4n) is 1.57. The molecule has 0 aromatic carbocycles. The second kappa shape index (κ2) is 7.72. The van der Waals surface area contributed by atoms with E-state index in [-0.39, 0.29) is 11.9 Å².